The van der Waals surface area contributed by atoms with Crippen LogP contribution in [0.25, 0.3) is 0 Å². The first-order valence-corrected chi connectivity index (χ1v) is 8.38. The van der Waals surface area contributed by atoms with Crippen molar-refractivity contribution in [1.29, 1.82) is 0 Å². The van der Waals surface area contributed by atoms with E-state index >= 15 is 0 Å². The topological polar surface area (TPSA) is 49.8 Å². The highest BCUT2D eigenvalue weighted by Crippen LogP contribution is 2.30. The molecular formula is C20H27NO3. The maximum Gasteiger partial charge on any atom is 0.339 e. The molecule has 4 heteroatoms. The molecular weight excluding hydrogens is 302 g/mol. The zero-order chi connectivity index (χ0) is 18.0. The Kier molecular flexibility index (Phi) is 5.37. The number of hydrogen-bond donors (Lipinski definition) is 1. The van der Waals surface area contributed by atoms with Crippen LogP contribution >= 0.6 is 0 Å². The number of esters is 1. The van der Waals surface area contributed by atoms with Gasteiger partial charge in [0.15, 0.2) is 5.60 Å². The summed E-state index contributed by atoms with van der Waals surface area (Å²) < 4.78 is 5.51. The van der Waals surface area contributed by atoms with Gasteiger partial charge in [-0.3, -0.25) is 0 Å². The van der Waals surface area contributed by atoms with Crippen molar-refractivity contribution in [2.75, 3.05) is 13.6 Å². The first-order valence-electron chi connectivity index (χ1n) is 8.38. The van der Waals surface area contributed by atoms with E-state index in [2.05, 4.69) is 30.7 Å². The van der Waals surface area contributed by atoms with E-state index in [1.54, 1.807) is 38.1 Å². The second kappa shape index (κ2) is 6.96. The van der Waals surface area contributed by atoms with Gasteiger partial charge in [0.2, 0.25) is 0 Å². The second-order valence-electron chi connectivity index (χ2n) is 7.33. The smallest absolute Gasteiger partial charge is 0.339 e. The fourth-order valence-corrected chi connectivity index (χ4v) is 2.89. The van der Waals surface area contributed by atoms with Gasteiger partial charge in [0.05, 0.1) is 5.56 Å². The van der Waals surface area contributed by atoms with Crippen molar-refractivity contribution in [3.05, 3.63) is 35.9 Å². The third-order valence-electron chi connectivity index (χ3n) is 4.67. The van der Waals surface area contributed by atoms with E-state index in [0.717, 1.165) is 6.54 Å². The lowest BCUT2D eigenvalue weighted by Gasteiger charge is -2.43. The molecule has 0 aromatic heterocycles. The third kappa shape index (κ3) is 4.37. The maximum absolute atomic E-state index is 12.2. The number of carbonyl (C=O) groups is 1. The minimum Gasteiger partial charge on any atom is -0.443 e. The molecule has 1 fully saturated rings. The van der Waals surface area contributed by atoms with Gasteiger partial charge in [0.1, 0.15) is 5.60 Å². The summed E-state index contributed by atoms with van der Waals surface area (Å²) in [4.78, 5) is 14.4. The van der Waals surface area contributed by atoms with Gasteiger partial charge in [-0.05, 0) is 40.0 Å². The molecule has 1 aromatic carbocycles. The molecule has 1 aromatic rings. The van der Waals surface area contributed by atoms with E-state index in [-0.39, 0.29) is 12.0 Å². The predicted molar refractivity (Wildman–Crippen MR) is 94.5 cm³/mol. The molecule has 0 unspecified atom stereocenters. The first kappa shape index (κ1) is 18.5. The summed E-state index contributed by atoms with van der Waals surface area (Å²) in [6, 6.07) is 9.11. The minimum atomic E-state index is -1.05. The molecule has 130 valence electrons. The van der Waals surface area contributed by atoms with Gasteiger partial charge in [0, 0.05) is 24.9 Å². The van der Waals surface area contributed by atoms with Crippen LogP contribution in [0.5, 0.6) is 0 Å². The summed E-state index contributed by atoms with van der Waals surface area (Å²) in [7, 11) is 2.06. The van der Waals surface area contributed by atoms with Crippen LogP contribution in [0, 0.1) is 17.8 Å². The van der Waals surface area contributed by atoms with Gasteiger partial charge in [-0.2, -0.15) is 0 Å². The average molecular weight is 329 g/mol. The molecule has 24 heavy (non-hydrogen) atoms. The summed E-state index contributed by atoms with van der Waals surface area (Å²) in [5, 5.41) is 10.9. The Balaban J connectivity index is 2.11. The summed E-state index contributed by atoms with van der Waals surface area (Å²) >= 11 is 0. The standard InChI is InChI=1S/C20H27NO3/c1-15-14-21(5)16(2)13-20(15,23)12-11-19(3,4)24-18(22)17-9-7-6-8-10-17/h6-10,15-16,23H,13-14H2,1-5H3/t15-,16-,20-/m1/s1. The molecule has 0 bridgehead atoms. The van der Waals surface area contributed by atoms with Crippen LogP contribution in [0.3, 0.4) is 0 Å². The molecule has 0 aliphatic carbocycles. The molecule has 3 atom stereocenters. The lowest BCUT2D eigenvalue weighted by molar-refractivity contribution is -0.0354. The van der Waals surface area contributed by atoms with E-state index in [1.807, 2.05) is 13.0 Å². The van der Waals surface area contributed by atoms with Crippen molar-refractivity contribution in [3.63, 3.8) is 0 Å². The quantitative estimate of drug-likeness (QED) is 0.669. The molecule has 1 saturated heterocycles. The van der Waals surface area contributed by atoms with E-state index in [0.29, 0.717) is 12.0 Å². The Labute approximate surface area is 144 Å². The van der Waals surface area contributed by atoms with E-state index in [1.165, 1.54) is 0 Å². The predicted octanol–water partition coefficient (Wildman–Crippen LogP) is 2.72. The summed E-state index contributed by atoms with van der Waals surface area (Å²) in [5.41, 5.74) is -1.52. The highest BCUT2D eigenvalue weighted by molar-refractivity contribution is 5.89. The van der Waals surface area contributed by atoms with Gasteiger partial charge in [-0.15, -0.1) is 0 Å². The van der Waals surface area contributed by atoms with E-state index in [9.17, 15) is 9.90 Å². The average Bonchev–Trinajstić information content (AvgIpc) is 2.52. The zero-order valence-corrected chi connectivity index (χ0v) is 15.2. The first-order chi connectivity index (χ1) is 11.1. The van der Waals surface area contributed by atoms with Gasteiger partial charge in [-0.1, -0.05) is 37.0 Å². The SMILES string of the molecule is C[C@@H]1C[C@](O)(C#CC(C)(C)OC(=O)c2ccccc2)[C@H](C)CN1C. The molecule has 1 aliphatic rings. The fourth-order valence-electron chi connectivity index (χ4n) is 2.89. The largest absolute Gasteiger partial charge is 0.443 e. The number of piperidine rings is 1. The maximum atomic E-state index is 12.2. The normalized spacial score (nSPS) is 27.9. The summed E-state index contributed by atoms with van der Waals surface area (Å²) in [6.45, 7) is 8.36. The van der Waals surface area contributed by atoms with Crippen LogP contribution in [0.15, 0.2) is 30.3 Å². The number of rotatable bonds is 2. The Hall–Kier alpha value is -1.83. The lowest BCUT2D eigenvalue weighted by Crippen LogP contribution is -2.52. The summed E-state index contributed by atoms with van der Waals surface area (Å²) in [6.07, 6.45) is 0.584. The van der Waals surface area contributed by atoms with Crippen LogP contribution in [0.1, 0.15) is 44.5 Å². The van der Waals surface area contributed by atoms with Gasteiger partial charge >= 0.3 is 5.97 Å². The molecule has 1 heterocycles. The Morgan fingerprint density at radius 1 is 1.33 bits per heavy atom. The zero-order valence-electron chi connectivity index (χ0n) is 15.2. The highest BCUT2D eigenvalue weighted by atomic mass is 16.6. The Bertz CT molecular complexity index is 644. The Morgan fingerprint density at radius 2 is 1.96 bits per heavy atom. The molecule has 0 amide bonds. The summed E-state index contributed by atoms with van der Waals surface area (Å²) in [5.74, 6) is 5.60. The van der Waals surface area contributed by atoms with Gasteiger partial charge in [-0.25, -0.2) is 4.79 Å². The number of aliphatic hydroxyl groups is 1. The van der Waals surface area contributed by atoms with Crippen LogP contribution in [-0.4, -0.2) is 46.8 Å². The molecule has 0 saturated carbocycles. The Morgan fingerprint density at radius 3 is 2.58 bits per heavy atom. The van der Waals surface area contributed by atoms with Crippen LogP contribution in [-0.2, 0) is 4.74 Å². The molecule has 1 aliphatic heterocycles. The number of carbonyl (C=O) groups excluding carboxylic acids is 1. The highest BCUT2D eigenvalue weighted by Gasteiger charge is 2.40. The van der Waals surface area contributed by atoms with Crippen molar-refractivity contribution in [3.8, 4) is 11.8 Å². The van der Waals surface area contributed by atoms with Crippen molar-refractivity contribution in [2.45, 2.75) is 51.4 Å². The van der Waals surface area contributed by atoms with Gasteiger partial charge < -0.3 is 14.7 Å². The van der Waals surface area contributed by atoms with Gasteiger partial charge in [0.25, 0.3) is 0 Å². The molecule has 2 rings (SSSR count). The number of ether oxygens (including phenoxy) is 1. The third-order valence-corrected chi connectivity index (χ3v) is 4.67. The number of likely N-dealkylation sites (tertiary alicyclic amines) is 1. The molecule has 0 radical (unpaired) electrons. The van der Waals surface area contributed by atoms with Crippen molar-refractivity contribution < 1.29 is 14.6 Å². The van der Waals surface area contributed by atoms with Crippen LogP contribution in [0.2, 0.25) is 0 Å². The second-order valence-corrected chi connectivity index (χ2v) is 7.33. The van der Waals surface area contributed by atoms with Crippen LogP contribution in [0.4, 0.5) is 0 Å². The fraction of sp³-hybridized carbons (Fsp3) is 0.550. The number of hydrogen-bond acceptors (Lipinski definition) is 4. The van der Waals surface area contributed by atoms with E-state index in [4.69, 9.17) is 4.74 Å². The van der Waals surface area contributed by atoms with Crippen molar-refractivity contribution in [2.24, 2.45) is 5.92 Å². The van der Waals surface area contributed by atoms with Crippen molar-refractivity contribution >= 4 is 5.97 Å². The van der Waals surface area contributed by atoms with Crippen LogP contribution < -0.4 is 0 Å². The number of nitrogens with zero attached hydrogens (tertiary/aromatic N) is 1. The minimum absolute atomic E-state index is 0.0341. The number of benzene rings is 1. The van der Waals surface area contributed by atoms with E-state index < -0.39 is 17.2 Å². The van der Waals surface area contributed by atoms with Crippen molar-refractivity contribution in [1.82, 2.24) is 4.90 Å². The lowest BCUT2D eigenvalue weighted by atomic mass is 9.79. The monoisotopic (exact) mass is 329 g/mol. The molecule has 1 N–H and O–H groups in total. The molecule has 4 nitrogen and oxygen atoms in total. The molecule has 0 spiro atoms.